The first-order valence-electron chi connectivity index (χ1n) is 9.33. The second-order valence-electron chi connectivity index (χ2n) is 8.65. The Labute approximate surface area is 147 Å². The quantitative estimate of drug-likeness (QED) is 0.655. The molecule has 25 heavy (non-hydrogen) atoms. The number of aromatic nitrogens is 2. The third kappa shape index (κ3) is 2.93. The minimum atomic E-state index is -0.540. The van der Waals surface area contributed by atoms with Gasteiger partial charge in [0.15, 0.2) is 0 Å². The molecule has 1 atom stereocenters. The summed E-state index contributed by atoms with van der Waals surface area (Å²) in [7, 11) is 0. The maximum Gasteiger partial charge on any atom is 0.309 e. The van der Waals surface area contributed by atoms with Gasteiger partial charge in [-0.05, 0) is 75.5 Å². The Kier molecular flexibility index (Phi) is 3.85. The van der Waals surface area contributed by atoms with E-state index in [1.807, 2.05) is 0 Å². The minimum absolute atomic E-state index is 0.0410. The van der Waals surface area contributed by atoms with E-state index in [2.05, 4.69) is 10.4 Å². The predicted octanol–water partition coefficient (Wildman–Crippen LogP) is 2.99. The summed E-state index contributed by atoms with van der Waals surface area (Å²) in [4.78, 5) is 23.1. The van der Waals surface area contributed by atoms with Gasteiger partial charge in [0, 0.05) is 6.54 Å². The summed E-state index contributed by atoms with van der Waals surface area (Å²) in [5, 5.41) is 18.2. The molecular formula is C18H26N4O3. The molecule has 0 radical (unpaired) electrons. The third-order valence-electron chi connectivity index (χ3n) is 6.67. The predicted molar refractivity (Wildman–Crippen MR) is 91.9 cm³/mol. The van der Waals surface area contributed by atoms with Crippen molar-refractivity contribution in [3.8, 4) is 0 Å². The van der Waals surface area contributed by atoms with Crippen LogP contribution in [0.3, 0.4) is 0 Å². The number of amides is 1. The minimum Gasteiger partial charge on any atom is -0.354 e. The molecule has 1 heterocycles. The van der Waals surface area contributed by atoms with E-state index >= 15 is 0 Å². The SMILES string of the molecule is Cc1nn(C(C)C(=O)NCC23CC4CC(CC(C4)C2)C3)cc1[N+](=O)[O-]. The van der Waals surface area contributed by atoms with E-state index in [4.69, 9.17) is 0 Å². The highest BCUT2D eigenvalue weighted by Gasteiger charge is 2.50. The summed E-state index contributed by atoms with van der Waals surface area (Å²) in [6.07, 6.45) is 9.27. The van der Waals surface area contributed by atoms with Crippen LogP contribution < -0.4 is 5.32 Å². The number of carbonyl (C=O) groups excluding carboxylic acids is 1. The van der Waals surface area contributed by atoms with Gasteiger partial charge in [-0.3, -0.25) is 19.6 Å². The van der Waals surface area contributed by atoms with Crippen molar-refractivity contribution in [2.45, 2.75) is 58.4 Å². The molecule has 136 valence electrons. The lowest BCUT2D eigenvalue weighted by Crippen LogP contribution is -2.51. The van der Waals surface area contributed by atoms with E-state index in [0.717, 1.165) is 24.3 Å². The van der Waals surface area contributed by atoms with Crippen molar-refractivity contribution < 1.29 is 9.72 Å². The number of nitrogens with one attached hydrogen (secondary N) is 1. The molecule has 5 rings (SSSR count). The summed E-state index contributed by atoms with van der Waals surface area (Å²) in [5.41, 5.74) is 0.586. The molecule has 0 aliphatic heterocycles. The van der Waals surface area contributed by atoms with Crippen LogP contribution in [0.1, 0.15) is 57.2 Å². The van der Waals surface area contributed by atoms with E-state index in [0.29, 0.717) is 5.69 Å². The van der Waals surface area contributed by atoms with Gasteiger partial charge in [0.2, 0.25) is 5.91 Å². The Morgan fingerprint density at radius 1 is 1.36 bits per heavy atom. The first-order chi connectivity index (χ1) is 11.8. The highest BCUT2D eigenvalue weighted by atomic mass is 16.6. The molecule has 7 nitrogen and oxygen atoms in total. The van der Waals surface area contributed by atoms with Gasteiger partial charge in [-0.25, -0.2) is 0 Å². The molecule has 0 saturated heterocycles. The Morgan fingerprint density at radius 3 is 2.40 bits per heavy atom. The van der Waals surface area contributed by atoms with Gasteiger partial charge in [0.25, 0.3) is 0 Å². The summed E-state index contributed by atoms with van der Waals surface area (Å²) in [6, 6.07) is -0.540. The molecule has 0 spiro atoms. The normalized spacial score (nSPS) is 34.1. The first kappa shape index (κ1) is 16.5. The standard InChI is InChI=1S/C18H26N4O3/c1-11-16(22(24)25)9-21(20-11)12(2)17(23)19-10-18-6-13-3-14(7-18)5-15(4-13)8-18/h9,12-15H,3-8,10H2,1-2H3,(H,19,23). The van der Waals surface area contributed by atoms with E-state index < -0.39 is 11.0 Å². The Bertz CT molecular complexity index is 676. The average Bonchev–Trinajstić information content (AvgIpc) is 2.93. The second-order valence-corrected chi connectivity index (χ2v) is 8.65. The molecule has 1 aromatic heterocycles. The molecule has 4 fully saturated rings. The summed E-state index contributed by atoms with van der Waals surface area (Å²) in [5.74, 6) is 2.47. The third-order valence-corrected chi connectivity index (χ3v) is 6.67. The fraction of sp³-hybridized carbons (Fsp3) is 0.778. The van der Waals surface area contributed by atoms with Crippen molar-refractivity contribution in [1.82, 2.24) is 15.1 Å². The fourth-order valence-electron chi connectivity index (χ4n) is 5.90. The molecule has 0 aromatic carbocycles. The smallest absolute Gasteiger partial charge is 0.309 e. The lowest BCUT2D eigenvalue weighted by Gasteiger charge is -2.57. The molecule has 4 aliphatic carbocycles. The number of hydrogen-bond donors (Lipinski definition) is 1. The van der Waals surface area contributed by atoms with Gasteiger partial charge < -0.3 is 5.32 Å². The zero-order valence-electron chi connectivity index (χ0n) is 14.9. The van der Waals surface area contributed by atoms with Gasteiger partial charge in [-0.1, -0.05) is 0 Å². The van der Waals surface area contributed by atoms with Gasteiger partial charge in [0.1, 0.15) is 17.9 Å². The van der Waals surface area contributed by atoms with E-state index in [1.54, 1.807) is 13.8 Å². The second kappa shape index (κ2) is 5.81. The van der Waals surface area contributed by atoms with Crippen molar-refractivity contribution in [2.24, 2.45) is 23.2 Å². The largest absolute Gasteiger partial charge is 0.354 e. The number of rotatable bonds is 5. The number of aryl methyl sites for hydroxylation is 1. The highest BCUT2D eigenvalue weighted by molar-refractivity contribution is 5.79. The van der Waals surface area contributed by atoms with Crippen molar-refractivity contribution >= 4 is 11.6 Å². The molecule has 1 N–H and O–H groups in total. The lowest BCUT2D eigenvalue weighted by molar-refractivity contribution is -0.385. The van der Waals surface area contributed by atoms with Gasteiger partial charge in [-0.15, -0.1) is 0 Å². The maximum atomic E-state index is 12.6. The van der Waals surface area contributed by atoms with Crippen LogP contribution in [0.25, 0.3) is 0 Å². The highest BCUT2D eigenvalue weighted by Crippen LogP contribution is 2.59. The average molecular weight is 346 g/mol. The molecule has 1 amide bonds. The molecule has 4 aliphatic rings. The number of nitrogens with zero attached hydrogens (tertiary/aromatic N) is 3. The topological polar surface area (TPSA) is 90.1 Å². The summed E-state index contributed by atoms with van der Waals surface area (Å²) >= 11 is 0. The van der Waals surface area contributed by atoms with Gasteiger partial charge in [0.05, 0.1) is 4.92 Å². The van der Waals surface area contributed by atoms with Crippen molar-refractivity contribution in [3.05, 3.63) is 22.0 Å². The molecular weight excluding hydrogens is 320 g/mol. The first-order valence-corrected chi connectivity index (χ1v) is 9.33. The Hall–Kier alpha value is -1.92. The van der Waals surface area contributed by atoms with Crippen LogP contribution in [0, 0.1) is 40.2 Å². The van der Waals surface area contributed by atoms with E-state index in [9.17, 15) is 14.9 Å². The zero-order valence-corrected chi connectivity index (χ0v) is 14.9. The van der Waals surface area contributed by atoms with Crippen LogP contribution in [0.15, 0.2) is 6.20 Å². The molecule has 1 unspecified atom stereocenters. The zero-order chi connectivity index (χ0) is 17.8. The van der Waals surface area contributed by atoms with Crippen molar-refractivity contribution in [2.75, 3.05) is 6.54 Å². The Morgan fingerprint density at radius 2 is 1.92 bits per heavy atom. The monoisotopic (exact) mass is 346 g/mol. The van der Waals surface area contributed by atoms with Crippen molar-refractivity contribution in [3.63, 3.8) is 0 Å². The summed E-state index contributed by atoms with van der Waals surface area (Å²) < 4.78 is 1.41. The molecule has 4 bridgehead atoms. The van der Waals surface area contributed by atoms with E-state index in [-0.39, 0.29) is 17.0 Å². The van der Waals surface area contributed by atoms with Crippen LogP contribution in [-0.4, -0.2) is 27.2 Å². The van der Waals surface area contributed by atoms with Crippen molar-refractivity contribution in [1.29, 1.82) is 0 Å². The van der Waals surface area contributed by atoms with Crippen LogP contribution in [0.5, 0.6) is 0 Å². The van der Waals surface area contributed by atoms with Crippen LogP contribution in [0.2, 0.25) is 0 Å². The number of nitro groups is 1. The maximum absolute atomic E-state index is 12.6. The van der Waals surface area contributed by atoms with E-state index in [1.165, 1.54) is 49.4 Å². The number of carbonyl (C=O) groups is 1. The molecule has 1 aromatic rings. The summed E-state index contributed by atoms with van der Waals surface area (Å²) in [6.45, 7) is 4.07. The van der Waals surface area contributed by atoms with Crippen LogP contribution >= 0.6 is 0 Å². The van der Waals surface area contributed by atoms with Gasteiger partial charge >= 0.3 is 5.69 Å². The fourth-order valence-corrected chi connectivity index (χ4v) is 5.90. The number of hydrogen-bond acceptors (Lipinski definition) is 4. The van der Waals surface area contributed by atoms with Crippen LogP contribution in [0.4, 0.5) is 5.69 Å². The lowest BCUT2D eigenvalue weighted by atomic mass is 9.49. The van der Waals surface area contributed by atoms with Crippen LogP contribution in [-0.2, 0) is 4.79 Å². The van der Waals surface area contributed by atoms with Gasteiger partial charge in [-0.2, -0.15) is 5.10 Å². The Balaban J connectivity index is 1.40. The molecule has 4 saturated carbocycles. The molecule has 7 heteroatoms.